The molecule has 3 nitrogen and oxygen atoms in total. The van der Waals surface area contributed by atoms with Gasteiger partial charge in [-0.3, -0.25) is 10.1 Å². The minimum Gasteiger partial charge on any atom is -0.278 e. The van der Waals surface area contributed by atoms with Gasteiger partial charge >= 0.3 is 0 Å². The van der Waals surface area contributed by atoms with Crippen LogP contribution < -0.4 is 0 Å². The van der Waals surface area contributed by atoms with E-state index in [1.54, 1.807) is 18.6 Å². The Morgan fingerprint density at radius 3 is 2.92 bits per heavy atom. The Kier molecular flexibility index (Phi) is 1.80. The second kappa shape index (κ2) is 2.95. The number of rotatable bonds is 1. The van der Waals surface area contributed by atoms with Crippen LogP contribution in [0.3, 0.4) is 0 Å². The van der Waals surface area contributed by atoms with Crippen molar-refractivity contribution in [3.05, 3.63) is 35.7 Å². The normalized spacial score (nSPS) is 10.1. The zero-order valence-corrected chi connectivity index (χ0v) is 6.92. The van der Waals surface area contributed by atoms with Crippen molar-refractivity contribution in [2.24, 2.45) is 0 Å². The number of nitrogens with one attached hydrogen (secondary N) is 1. The van der Waals surface area contributed by atoms with E-state index in [0.29, 0.717) is 5.02 Å². The molecule has 12 heavy (non-hydrogen) atoms. The van der Waals surface area contributed by atoms with E-state index in [0.717, 1.165) is 11.3 Å². The molecule has 2 aromatic heterocycles. The molecule has 4 heteroatoms. The number of aromatic nitrogens is 3. The summed E-state index contributed by atoms with van der Waals surface area (Å²) < 4.78 is 0. The molecule has 0 spiro atoms. The van der Waals surface area contributed by atoms with E-state index in [4.69, 9.17) is 11.6 Å². The van der Waals surface area contributed by atoms with Crippen LogP contribution in [0, 0.1) is 0 Å². The van der Waals surface area contributed by atoms with Crippen molar-refractivity contribution in [1.82, 2.24) is 15.2 Å². The summed E-state index contributed by atoms with van der Waals surface area (Å²) in [4.78, 5) is 3.96. The second-order valence-corrected chi connectivity index (χ2v) is 2.80. The van der Waals surface area contributed by atoms with Crippen LogP contribution >= 0.6 is 11.6 Å². The quantitative estimate of drug-likeness (QED) is 0.729. The smallest absolute Gasteiger partial charge is 0.0666 e. The monoisotopic (exact) mass is 179 g/mol. The average Bonchev–Trinajstić information content (AvgIpc) is 2.56. The molecule has 2 aromatic rings. The van der Waals surface area contributed by atoms with Crippen molar-refractivity contribution in [2.45, 2.75) is 0 Å². The Balaban J connectivity index is 2.48. The first-order chi connectivity index (χ1) is 5.86. The lowest BCUT2D eigenvalue weighted by atomic mass is 10.2. The second-order valence-electron chi connectivity index (χ2n) is 2.36. The van der Waals surface area contributed by atoms with Gasteiger partial charge in [-0.05, 0) is 12.1 Å². The fourth-order valence-electron chi connectivity index (χ4n) is 0.976. The van der Waals surface area contributed by atoms with Gasteiger partial charge in [0, 0.05) is 24.2 Å². The average molecular weight is 180 g/mol. The maximum Gasteiger partial charge on any atom is 0.0666 e. The van der Waals surface area contributed by atoms with Crippen molar-refractivity contribution >= 4 is 11.6 Å². The van der Waals surface area contributed by atoms with Crippen LogP contribution in [-0.2, 0) is 0 Å². The summed E-state index contributed by atoms with van der Waals surface area (Å²) >= 11 is 5.76. The lowest BCUT2D eigenvalue weighted by Gasteiger charge is -1.95. The Hall–Kier alpha value is -1.35. The maximum atomic E-state index is 5.76. The highest BCUT2D eigenvalue weighted by Gasteiger charge is 1.98. The lowest BCUT2D eigenvalue weighted by molar-refractivity contribution is 1.09. The van der Waals surface area contributed by atoms with Gasteiger partial charge in [0.05, 0.1) is 10.7 Å². The molecule has 1 N–H and O–H groups in total. The molecule has 0 atom stereocenters. The van der Waals surface area contributed by atoms with Gasteiger partial charge in [0.2, 0.25) is 0 Å². The fraction of sp³-hybridized carbons (Fsp3) is 0. The molecule has 0 aliphatic carbocycles. The van der Waals surface area contributed by atoms with Crippen LogP contribution in [0.1, 0.15) is 0 Å². The van der Waals surface area contributed by atoms with E-state index < -0.39 is 0 Å². The molecular weight excluding hydrogens is 174 g/mol. The molecule has 0 saturated heterocycles. The molecular formula is C8H6ClN3. The van der Waals surface area contributed by atoms with Gasteiger partial charge < -0.3 is 0 Å². The first-order valence-electron chi connectivity index (χ1n) is 3.46. The van der Waals surface area contributed by atoms with Crippen LogP contribution in [0.2, 0.25) is 5.02 Å². The number of nitrogens with zero attached hydrogens (tertiary/aromatic N) is 2. The third-order valence-electron chi connectivity index (χ3n) is 1.52. The van der Waals surface area contributed by atoms with Gasteiger partial charge in [-0.1, -0.05) is 11.6 Å². The molecule has 2 rings (SSSR count). The van der Waals surface area contributed by atoms with E-state index in [-0.39, 0.29) is 0 Å². The highest BCUT2D eigenvalue weighted by molar-refractivity contribution is 6.30. The van der Waals surface area contributed by atoms with Gasteiger partial charge in [0.25, 0.3) is 0 Å². The predicted molar refractivity (Wildman–Crippen MR) is 46.8 cm³/mol. The molecule has 0 aliphatic heterocycles. The van der Waals surface area contributed by atoms with E-state index >= 15 is 0 Å². The number of halogens is 1. The summed E-state index contributed by atoms with van der Waals surface area (Å²) in [6.07, 6.45) is 5.02. The third-order valence-corrected chi connectivity index (χ3v) is 1.72. The van der Waals surface area contributed by atoms with Crippen molar-refractivity contribution in [1.29, 1.82) is 0 Å². The molecule has 0 fully saturated rings. The molecule has 0 bridgehead atoms. The maximum absolute atomic E-state index is 5.76. The van der Waals surface area contributed by atoms with Gasteiger partial charge in [0.15, 0.2) is 0 Å². The minimum atomic E-state index is 0.627. The highest BCUT2D eigenvalue weighted by Crippen LogP contribution is 2.18. The Bertz CT molecular complexity index is 370. The predicted octanol–water partition coefficient (Wildman–Crippen LogP) is 2.13. The van der Waals surface area contributed by atoms with Crippen molar-refractivity contribution in [3.8, 4) is 11.3 Å². The summed E-state index contributed by atoms with van der Waals surface area (Å²) in [7, 11) is 0. The lowest BCUT2D eigenvalue weighted by Crippen LogP contribution is -1.79. The minimum absolute atomic E-state index is 0.627. The number of aromatic amines is 1. The summed E-state index contributed by atoms with van der Waals surface area (Å²) in [6, 6.07) is 3.70. The van der Waals surface area contributed by atoms with Crippen molar-refractivity contribution < 1.29 is 0 Å². The highest BCUT2D eigenvalue weighted by atomic mass is 35.5. The van der Waals surface area contributed by atoms with E-state index in [2.05, 4.69) is 15.2 Å². The van der Waals surface area contributed by atoms with Crippen LogP contribution in [0.25, 0.3) is 11.3 Å². The molecule has 2 heterocycles. The molecule has 0 aliphatic rings. The van der Waals surface area contributed by atoms with Crippen molar-refractivity contribution in [3.63, 3.8) is 0 Å². The first-order valence-corrected chi connectivity index (χ1v) is 3.84. The number of H-pyrrole nitrogens is 1. The Morgan fingerprint density at radius 1 is 1.33 bits per heavy atom. The molecule has 0 amide bonds. The van der Waals surface area contributed by atoms with Gasteiger partial charge in [-0.15, -0.1) is 0 Å². The molecule has 60 valence electrons. The Labute approximate surface area is 74.4 Å². The topological polar surface area (TPSA) is 41.6 Å². The van der Waals surface area contributed by atoms with Gasteiger partial charge in [-0.25, -0.2) is 0 Å². The fourth-order valence-corrected chi connectivity index (χ4v) is 1.15. The standard InChI is InChI=1S/C8H6ClN3/c9-7-3-6(4-10-5-7)8-1-2-11-12-8/h1-5H,(H,11,12). The van der Waals surface area contributed by atoms with Crippen LogP contribution in [0.15, 0.2) is 30.7 Å². The van der Waals surface area contributed by atoms with Crippen LogP contribution in [-0.4, -0.2) is 15.2 Å². The largest absolute Gasteiger partial charge is 0.278 e. The van der Waals surface area contributed by atoms with E-state index in [1.807, 2.05) is 12.1 Å². The van der Waals surface area contributed by atoms with E-state index in [9.17, 15) is 0 Å². The third kappa shape index (κ3) is 1.31. The number of pyridine rings is 1. The Morgan fingerprint density at radius 2 is 2.25 bits per heavy atom. The summed E-state index contributed by atoms with van der Waals surface area (Å²) in [5.74, 6) is 0. The number of hydrogen-bond acceptors (Lipinski definition) is 2. The zero-order valence-electron chi connectivity index (χ0n) is 6.16. The summed E-state index contributed by atoms with van der Waals surface area (Å²) in [5.41, 5.74) is 1.87. The zero-order chi connectivity index (χ0) is 8.39. The van der Waals surface area contributed by atoms with Gasteiger partial charge in [-0.2, -0.15) is 5.10 Å². The molecule has 0 radical (unpaired) electrons. The summed E-state index contributed by atoms with van der Waals surface area (Å²) in [5, 5.41) is 7.29. The molecule has 0 aromatic carbocycles. The van der Waals surface area contributed by atoms with Crippen LogP contribution in [0.4, 0.5) is 0 Å². The molecule has 0 saturated carbocycles. The van der Waals surface area contributed by atoms with Gasteiger partial charge in [0.1, 0.15) is 0 Å². The molecule has 0 unspecified atom stereocenters. The SMILES string of the molecule is Clc1cncc(-c2ccn[nH]2)c1. The number of hydrogen-bond donors (Lipinski definition) is 1. The van der Waals surface area contributed by atoms with E-state index in [1.165, 1.54) is 0 Å². The summed E-state index contributed by atoms with van der Waals surface area (Å²) in [6.45, 7) is 0. The first kappa shape index (κ1) is 7.31. The van der Waals surface area contributed by atoms with Crippen molar-refractivity contribution in [2.75, 3.05) is 0 Å². The van der Waals surface area contributed by atoms with Crippen LogP contribution in [0.5, 0.6) is 0 Å².